The predicted octanol–water partition coefficient (Wildman–Crippen LogP) is 7.08. The van der Waals surface area contributed by atoms with Crippen LogP contribution in [0.2, 0.25) is 10.0 Å². The molecule has 0 fully saturated rings. The van der Waals surface area contributed by atoms with Gasteiger partial charge in [-0.15, -0.1) is 10.2 Å². The molecule has 0 atom stereocenters. The van der Waals surface area contributed by atoms with E-state index >= 15 is 0 Å². The summed E-state index contributed by atoms with van der Waals surface area (Å²) < 4.78 is 38.9. The largest absolute Gasteiger partial charge is 0.505 e. The minimum absolute atomic E-state index is 0.0970. The summed E-state index contributed by atoms with van der Waals surface area (Å²) in [6, 6.07) is 15.6. The van der Waals surface area contributed by atoms with Gasteiger partial charge >= 0.3 is 0 Å². The van der Waals surface area contributed by atoms with E-state index in [1.54, 1.807) is 42.5 Å². The van der Waals surface area contributed by atoms with Gasteiger partial charge in [-0.1, -0.05) is 53.5 Å². The molecule has 190 valence electrons. The second kappa shape index (κ2) is 10.3. The number of anilines is 1. The van der Waals surface area contributed by atoms with Crippen molar-refractivity contribution in [3.8, 4) is 11.5 Å². The van der Waals surface area contributed by atoms with Crippen molar-refractivity contribution >= 4 is 67.1 Å². The molecule has 0 aliphatic carbocycles. The Balaban J connectivity index is 1.86. The summed E-state index contributed by atoms with van der Waals surface area (Å²) in [6.07, 6.45) is 0. The van der Waals surface area contributed by atoms with Crippen molar-refractivity contribution in [3.05, 3.63) is 81.8 Å². The van der Waals surface area contributed by atoms with E-state index in [2.05, 4.69) is 15.5 Å². The van der Waals surface area contributed by atoms with Crippen LogP contribution >= 0.6 is 23.2 Å². The summed E-state index contributed by atoms with van der Waals surface area (Å²) in [5.74, 6) is -0.947. The zero-order chi connectivity index (χ0) is 26.9. The third-order valence-corrected chi connectivity index (χ3v) is 6.96. The molecule has 1 amide bonds. The molecule has 37 heavy (non-hydrogen) atoms. The van der Waals surface area contributed by atoms with E-state index in [1.807, 2.05) is 0 Å². The molecule has 12 heteroatoms. The summed E-state index contributed by atoms with van der Waals surface area (Å²) >= 11 is 12.2. The Hall–Kier alpha value is -3.70. The molecule has 0 heterocycles. The fourth-order valence-electron chi connectivity index (χ4n) is 3.82. The average Bonchev–Trinajstić information content (AvgIpc) is 2.82. The first-order chi connectivity index (χ1) is 17.5. The average molecular weight is 560 g/mol. The lowest BCUT2D eigenvalue weighted by Gasteiger charge is -2.14. The van der Waals surface area contributed by atoms with E-state index in [1.165, 1.54) is 32.2 Å². The third-order valence-electron chi connectivity index (χ3n) is 5.39. The van der Waals surface area contributed by atoms with Crippen LogP contribution in [0.5, 0.6) is 11.5 Å². The fraction of sp³-hybridized carbons (Fsp3) is 0.0800. The third kappa shape index (κ3) is 5.37. The first-order valence-electron chi connectivity index (χ1n) is 10.6. The van der Waals surface area contributed by atoms with Crippen molar-refractivity contribution in [2.45, 2.75) is 11.8 Å². The van der Waals surface area contributed by atoms with Gasteiger partial charge in [-0.2, -0.15) is 8.42 Å². The van der Waals surface area contributed by atoms with Crippen LogP contribution in [0.15, 0.2) is 75.8 Å². The Morgan fingerprint density at radius 3 is 2.46 bits per heavy atom. The van der Waals surface area contributed by atoms with Crippen molar-refractivity contribution in [2.75, 3.05) is 12.4 Å². The maximum atomic E-state index is 13.2. The number of rotatable bonds is 6. The number of phenolic OH excluding ortho intramolecular Hbond substituents is 1. The SMILES string of the molecule is COc1c(Cl)cccc1NC(=O)c1cc2ccccc2c(N=Nc2cc(Cl)cc(C)c2S(=O)(=O)O)c1O. The molecular formula is C25H19Cl2N3O6S. The van der Waals surface area contributed by atoms with Gasteiger partial charge in [0.1, 0.15) is 16.3 Å². The molecule has 0 spiro atoms. The lowest BCUT2D eigenvalue weighted by atomic mass is 10.0. The quantitative estimate of drug-likeness (QED) is 0.170. The molecular weight excluding hydrogens is 541 g/mol. The highest BCUT2D eigenvalue weighted by Crippen LogP contribution is 2.41. The van der Waals surface area contributed by atoms with Gasteiger partial charge in [0.2, 0.25) is 0 Å². The molecule has 0 aromatic heterocycles. The van der Waals surface area contributed by atoms with Crippen LogP contribution in [0.4, 0.5) is 17.1 Å². The molecule has 4 rings (SSSR count). The van der Waals surface area contributed by atoms with Crippen LogP contribution in [-0.4, -0.2) is 31.1 Å². The zero-order valence-corrected chi connectivity index (χ0v) is 21.7. The monoisotopic (exact) mass is 559 g/mol. The van der Waals surface area contributed by atoms with Crippen molar-refractivity contribution in [3.63, 3.8) is 0 Å². The van der Waals surface area contributed by atoms with Crippen LogP contribution in [0.25, 0.3) is 10.8 Å². The van der Waals surface area contributed by atoms with E-state index in [4.69, 9.17) is 27.9 Å². The number of para-hydroxylation sites is 1. The smallest absolute Gasteiger partial charge is 0.297 e. The number of nitrogens with zero attached hydrogens (tertiary/aromatic N) is 2. The molecule has 0 radical (unpaired) electrons. The van der Waals surface area contributed by atoms with Gasteiger partial charge in [-0.25, -0.2) is 0 Å². The number of methoxy groups -OCH3 is 1. The number of carbonyl (C=O) groups excluding carboxylic acids is 1. The van der Waals surface area contributed by atoms with Gasteiger partial charge in [0.05, 0.1) is 23.4 Å². The van der Waals surface area contributed by atoms with Crippen LogP contribution in [0.3, 0.4) is 0 Å². The number of ether oxygens (including phenoxy) is 1. The molecule has 0 unspecified atom stereocenters. The highest BCUT2D eigenvalue weighted by atomic mass is 35.5. The minimum atomic E-state index is -4.67. The highest BCUT2D eigenvalue weighted by molar-refractivity contribution is 7.86. The second-order valence-electron chi connectivity index (χ2n) is 7.86. The zero-order valence-electron chi connectivity index (χ0n) is 19.4. The Labute approximate surface area is 222 Å². The number of hydrogen-bond donors (Lipinski definition) is 3. The Bertz CT molecular complexity index is 1690. The van der Waals surface area contributed by atoms with Gasteiger partial charge in [0.25, 0.3) is 16.0 Å². The maximum absolute atomic E-state index is 13.2. The molecule has 0 aliphatic heterocycles. The summed E-state index contributed by atoms with van der Waals surface area (Å²) in [6.45, 7) is 1.44. The first-order valence-corrected chi connectivity index (χ1v) is 12.8. The summed E-state index contributed by atoms with van der Waals surface area (Å²) in [5.41, 5.74) is -0.0359. The van der Waals surface area contributed by atoms with Crippen molar-refractivity contribution in [1.82, 2.24) is 0 Å². The number of halogens is 2. The van der Waals surface area contributed by atoms with Gasteiger partial charge in [0.15, 0.2) is 11.5 Å². The number of carbonyl (C=O) groups is 1. The van der Waals surface area contributed by atoms with Crippen LogP contribution in [0.1, 0.15) is 15.9 Å². The number of azo groups is 1. The van der Waals surface area contributed by atoms with Crippen molar-refractivity contribution in [1.29, 1.82) is 0 Å². The first kappa shape index (κ1) is 26.4. The number of benzene rings is 4. The van der Waals surface area contributed by atoms with Crippen LogP contribution < -0.4 is 10.1 Å². The summed E-state index contributed by atoms with van der Waals surface area (Å²) in [5, 5.41) is 23.2. The van der Waals surface area contributed by atoms with Gasteiger partial charge in [-0.05, 0) is 48.2 Å². The number of fused-ring (bicyclic) bond motifs is 1. The minimum Gasteiger partial charge on any atom is -0.505 e. The van der Waals surface area contributed by atoms with E-state index in [9.17, 15) is 22.9 Å². The van der Waals surface area contributed by atoms with E-state index in [-0.39, 0.29) is 44.0 Å². The Morgan fingerprint density at radius 1 is 1.03 bits per heavy atom. The number of amides is 1. The van der Waals surface area contributed by atoms with Crippen molar-refractivity contribution < 1.29 is 27.6 Å². The molecule has 3 N–H and O–H groups in total. The molecule has 9 nitrogen and oxygen atoms in total. The van der Waals surface area contributed by atoms with E-state index < -0.39 is 26.7 Å². The Kier molecular flexibility index (Phi) is 7.37. The van der Waals surface area contributed by atoms with Gasteiger partial charge < -0.3 is 15.2 Å². The predicted molar refractivity (Wildman–Crippen MR) is 142 cm³/mol. The molecule has 0 saturated heterocycles. The maximum Gasteiger partial charge on any atom is 0.297 e. The number of nitrogens with one attached hydrogen (secondary N) is 1. The topological polar surface area (TPSA) is 138 Å². The lowest BCUT2D eigenvalue weighted by Crippen LogP contribution is -2.13. The van der Waals surface area contributed by atoms with Crippen molar-refractivity contribution in [2.24, 2.45) is 10.2 Å². The molecule has 4 aromatic rings. The normalized spacial score (nSPS) is 11.7. The molecule has 0 bridgehead atoms. The Morgan fingerprint density at radius 2 is 1.76 bits per heavy atom. The molecule has 0 aliphatic rings. The number of phenols is 1. The highest BCUT2D eigenvalue weighted by Gasteiger charge is 2.22. The number of aryl methyl sites for hydroxylation is 1. The van der Waals surface area contributed by atoms with Gasteiger partial charge in [0, 0.05) is 10.4 Å². The number of hydrogen-bond acceptors (Lipinski definition) is 7. The van der Waals surface area contributed by atoms with Crippen LogP contribution in [0, 0.1) is 6.92 Å². The standard InChI is InChI=1S/C25H19Cl2N3O6S/c1-13-10-15(26)12-20(24(13)37(33,34)35)29-30-21-16-7-4-3-6-14(16)11-17(22(21)31)25(32)28-19-9-5-8-18(27)23(19)36-2/h3-12,31H,1-2H3,(H,28,32)(H,33,34,35). The molecule has 4 aromatic carbocycles. The van der Waals surface area contributed by atoms with E-state index in [0.717, 1.165) is 0 Å². The summed E-state index contributed by atoms with van der Waals surface area (Å²) in [4.78, 5) is 12.7. The van der Waals surface area contributed by atoms with Crippen LogP contribution in [-0.2, 0) is 10.1 Å². The number of aromatic hydroxyl groups is 1. The van der Waals surface area contributed by atoms with Gasteiger partial charge in [-0.3, -0.25) is 9.35 Å². The lowest BCUT2D eigenvalue weighted by molar-refractivity contribution is 0.102. The fourth-order valence-corrected chi connectivity index (χ4v) is 5.17. The summed E-state index contributed by atoms with van der Waals surface area (Å²) in [7, 11) is -3.26. The second-order valence-corrected chi connectivity index (χ2v) is 10.1. The van der Waals surface area contributed by atoms with E-state index in [0.29, 0.717) is 10.8 Å². The molecule has 0 saturated carbocycles.